The van der Waals surface area contributed by atoms with E-state index in [1.165, 1.54) is 0 Å². The van der Waals surface area contributed by atoms with Gasteiger partial charge in [0, 0.05) is 0 Å². The van der Waals surface area contributed by atoms with Gasteiger partial charge in [0.05, 0.1) is 0 Å². The molecule has 66 valence electrons. The average molecular weight is 169 g/mol. The SMILES string of the molecule is NC=O.O=CO.c1ccccc1. The number of nitrogens with two attached hydrogens (primary N) is 1. The lowest BCUT2D eigenvalue weighted by Gasteiger charge is -1.69. The number of primary amides is 1. The Morgan fingerprint density at radius 3 is 1.08 bits per heavy atom. The standard InChI is InChI=1S/C6H6.CH3NO.CH2O2/c1-2-4-6-5-3-1;2*2-1-3/h1-6H;1H,(H2,2,3);1H,(H,2,3). The molecule has 1 aromatic carbocycles. The zero-order valence-electron chi connectivity index (χ0n) is 6.46. The van der Waals surface area contributed by atoms with Crippen molar-refractivity contribution < 1.29 is 14.7 Å². The largest absolute Gasteiger partial charge is 0.483 e. The monoisotopic (exact) mass is 169 g/mol. The molecule has 0 heterocycles. The normalized spacial score (nSPS) is 6.00. The molecule has 1 aromatic rings. The lowest BCUT2D eigenvalue weighted by Crippen LogP contribution is -1.82. The number of hydrogen-bond acceptors (Lipinski definition) is 2. The molecule has 0 atom stereocenters. The fraction of sp³-hybridized carbons (Fsp3) is 0. The van der Waals surface area contributed by atoms with Crippen LogP contribution in [0.2, 0.25) is 0 Å². The molecule has 1 amide bonds. The lowest BCUT2D eigenvalue weighted by molar-refractivity contribution is -0.122. The first-order valence-corrected chi connectivity index (χ1v) is 3.06. The Balaban J connectivity index is 0. The highest BCUT2D eigenvalue weighted by Crippen LogP contribution is 1.79. The first-order chi connectivity index (χ1) is 5.83. The van der Waals surface area contributed by atoms with Crippen molar-refractivity contribution in [2.24, 2.45) is 5.73 Å². The van der Waals surface area contributed by atoms with Crippen molar-refractivity contribution in [3.05, 3.63) is 36.4 Å². The maximum absolute atomic E-state index is 8.58. The van der Waals surface area contributed by atoms with Gasteiger partial charge in [-0.25, -0.2) is 0 Å². The second kappa shape index (κ2) is 16.1. The van der Waals surface area contributed by atoms with Gasteiger partial charge in [0.25, 0.3) is 6.47 Å². The Hall–Kier alpha value is -1.84. The summed E-state index contributed by atoms with van der Waals surface area (Å²) in [6.07, 6.45) is 0.250. The van der Waals surface area contributed by atoms with E-state index >= 15 is 0 Å². The van der Waals surface area contributed by atoms with Gasteiger partial charge >= 0.3 is 0 Å². The molecule has 0 aliphatic carbocycles. The fourth-order valence-electron chi connectivity index (χ4n) is 0.385. The van der Waals surface area contributed by atoms with Crippen molar-refractivity contribution in [3.8, 4) is 0 Å². The number of carbonyl (C=O) groups excluding carboxylic acids is 1. The first kappa shape index (κ1) is 12.8. The summed E-state index contributed by atoms with van der Waals surface area (Å²) in [6.45, 7) is -0.250. The van der Waals surface area contributed by atoms with E-state index in [1.54, 1.807) is 0 Å². The summed E-state index contributed by atoms with van der Waals surface area (Å²) >= 11 is 0. The van der Waals surface area contributed by atoms with Crippen LogP contribution in [0.1, 0.15) is 0 Å². The molecule has 4 nitrogen and oxygen atoms in total. The van der Waals surface area contributed by atoms with Crippen LogP contribution >= 0.6 is 0 Å². The summed E-state index contributed by atoms with van der Waals surface area (Å²) < 4.78 is 0. The lowest BCUT2D eigenvalue weighted by atomic mass is 10.4. The average Bonchev–Trinajstić information content (AvgIpc) is 2.10. The number of carbonyl (C=O) groups is 2. The van der Waals surface area contributed by atoms with E-state index in [0.29, 0.717) is 0 Å². The highest BCUT2D eigenvalue weighted by atomic mass is 16.3. The molecule has 0 spiro atoms. The second-order valence-corrected chi connectivity index (χ2v) is 1.40. The van der Waals surface area contributed by atoms with Gasteiger partial charge in [0.15, 0.2) is 0 Å². The van der Waals surface area contributed by atoms with E-state index in [2.05, 4.69) is 5.73 Å². The predicted octanol–water partition coefficient (Wildman–Crippen LogP) is 0.489. The van der Waals surface area contributed by atoms with Crippen LogP contribution in [0, 0.1) is 0 Å². The molecular weight excluding hydrogens is 158 g/mol. The molecule has 0 aliphatic rings. The predicted molar refractivity (Wildman–Crippen MR) is 45.4 cm³/mol. The van der Waals surface area contributed by atoms with E-state index in [9.17, 15) is 0 Å². The molecule has 1 rings (SSSR count). The number of hydrogen-bond donors (Lipinski definition) is 2. The van der Waals surface area contributed by atoms with Crippen molar-refractivity contribution in [2.45, 2.75) is 0 Å². The zero-order valence-corrected chi connectivity index (χ0v) is 6.46. The Bertz CT molecular complexity index is 144. The van der Waals surface area contributed by atoms with Crippen molar-refractivity contribution in [2.75, 3.05) is 0 Å². The second-order valence-electron chi connectivity index (χ2n) is 1.40. The number of benzene rings is 1. The summed E-state index contributed by atoms with van der Waals surface area (Å²) in [5, 5.41) is 6.89. The van der Waals surface area contributed by atoms with Crippen molar-refractivity contribution in [1.29, 1.82) is 0 Å². The quantitative estimate of drug-likeness (QED) is 0.554. The van der Waals surface area contributed by atoms with E-state index in [0.717, 1.165) is 0 Å². The van der Waals surface area contributed by atoms with Crippen molar-refractivity contribution in [1.82, 2.24) is 0 Å². The summed E-state index contributed by atoms with van der Waals surface area (Å²) in [6, 6.07) is 12.0. The number of rotatable bonds is 0. The van der Waals surface area contributed by atoms with Gasteiger partial charge in [0.2, 0.25) is 6.41 Å². The van der Waals surface area contributed by atoms with E-state index in [4.69, 9.17) is 14.7 Å². The zero-order chi connectivity index (χ0) is 9.66. The van der Waals surface area contributed by atoms with Gasteiger partial charge in [-0.1, -0.05) is 36.4 Å². The number of carboxylic acid groups (broad SMARTS) is 1. The van der Waals surface area contributed by atoms with Crippen LogP contribution in [-0.2, 0) is 9.59 Å². The minimum atomic E-state index is -0.250. The van der Waals surface area contributed by atoms with E-state index in [-0.39, 0.29) is 12.9 Å². The number of amides is 1. The molecule has 3 N–H and O–H groups in total. The summed E-state index contributed by atoms with van der Waals surface area (Å²) in [5.74, 6) is 0. The Morgan fingerprint density at radius 2 is 1.00 bits per heavy atom. The highest BCUT2D eigenvalue weighted by Gasteiger charge is 1.57. The molecule has 12 heavy (non-hydrogen) atoms. The smallest absolute Gasteiger partial charge is 0.290 e. The third-order valence-corrected chi connectivity index (χ3v) is 0.667. The molecule has 0 fully saturated rings. The van der Waals surface area contributed by atoms with Gasteiger partial charge in [0.1, 0.15) is 0 Å². The Morgan fingerprint density at radius 1 is 0.917 bits per heavy atom. The Kier molecular flexibility index (Phi) is 17.1. The summed E-state index contributed by atoms with van der Waals surface area (Å²) in [7, 11) is 0. The molecule has 0 aliphatic heterocycles. The molecule has 0 radical (unpaired) electrons. The molecule has 0 aromatic heterocycles. The van der Waals surface area contributed by atoms with E-state index in [1.807, 2.05) is 36.4 Å². The van der Waals surface area contributed by atoms with E-state index < -0.39 is 0 Å². The van der Waals surface area contributed by atoms with Crippen LogP contribution in [0.15, 0.2) is 36.4 Å². The molecule has 0 saturated heterocycles. The maximum Gasteiger partial charge on any atom is 0.290 e. The molecular formula is C8H11NO3. The summed E-state index contributed by atoms with van der Waals surface area (Å²) in [5.41, 5.74) is 4.17. The molecule has 0 unspecified atom stereocenters. The van der Waals surface area contributed by atoms with Crippen LogP contribution in [0.4, 0.5) is 0 Å². The third-order valence-electron chi connectivity index (χ3n) is 0.667. The highest BCUT2D eigenvalue weighted by molar-refractivity contribution is 5.42. The van der Waals surface area contributed by atoms with Crippen LogP contribution in [0.25, 0.3) is 0 Å². The maximum atomic E-state index is 8.58. The van der Waals surface area contributed by atoms with Gasteiger partial charge in [-0.05, 0) is 0 Å². The van der Waals surface area contributed by atoms with Gasteiger partial charge in [-0.2, -0.15) is 0 Å². The first-order valence-electron chi connectivity index (χ1n) is 3.06. The minimum absolute atomic E-state index is 0.250. The Labute approximate surface area is 70.6 Å². The van der Waals surface area contributed by atoms with Crippen molar-refractivity contribution >= 4 is 12.9 Å². The molecule has 0 saturated carbocycles. The van der Waals surface area contributed by atoms with Gasteiger partial charge in [-0.3, -0.25) is 9.59 Å². The molecule has 4 heteroatoms. The third kappa shape index (κ3) is 24.2. The topological polar surface area (TPSA) is 80.4 Å². The minimum Gasteiger partial charge on any atom is -0.483 e. The van der Waals surface area contributed by atoms with Gasteiger partial charge < -0.3 is 10.8 Å². The van der Waals surface area contributed by atoms with Crippen LogP contribution < -0.4 is 5.73 Å². The van der Waals surface area contributed by atoms with Crippen molar-refractivity contribution in [3.63, 3.8) is 0 Å². The van der Waals surface area contributed by atoms with Crippen LogP contribution in [0.3, 0.4) is 0 Å². The fourth-order valence-corrected chi connectivity index (χ4v) is 0.385. The van der Waals surface area contributed by atoms with Gasteiger partial charge in [-0.15, -0.1) is 0 Å². The summed E-state index contributed by atoms with van der Waals surface area (Å²) in [4.78, 5) is 16.9. The van der Waals surface area contributed by atoms with Crippen LogP contribution in [-0.4, -0.2) is 18.0 Å². The van der Waals surface area contributed by atoms with Crippen LogP contribution in [0.5, 0.6) is 0 Å². The molecule has 0 bridgehead atoms.